The van der Waals surface area contributed by atoms with Crippen LogP contribution < -0.4 is 5.73 Å². The van der Waals surface area contributed by atoms with Gasteiger partial charge in [0.2, 0.25) is 0 Å². The number of oxime groups is 1. The van der Waals surface area contributed by atoms with Crippen LogP contribution in [-0.2, 0) is 0 Å². The lowest BCUT2D eigenvalue weighted by Gasteiger charge is -2.26. The van der Waals surface area contributed by atoms with Gasteiger partial charge in [-0.3, -0.25) is 4.79 Å². The second-order valence-electron chi connectivity index (χ2n) is 4.21. The maximum Gasteiger partial charge on any atom is 0.257 e. The van der Waals surface area contributed by atoms with E-state index in [1.807, 2.05) is 13.8 Å². The molecule has 1 amide bonds. The summed E-state index contributed by atoms with van der Waals surface area (Å²) in [6.07, 6.45) is 0. The van der Waals surface area contributed by atoms with Crippen molar-refractivity contribution in [2.45, 2.75) is 19.9 Å². The summed E-state index contributed by atoms with van der Waals surface area (Å²) in [7, 11) is 0. The number of amides is 1. The first kappa shape index (κ1) is 15.6. The maximum absolute atomic E-state index is 12.4. The fraction of sp³-hybridized carbons (Fsp3) is 0.333. The molecule has 0 saturated heterocycles. The Kier molecular flexibility index (Phi) is 5.44. The molecule has 5 nitrogen and oxygen atoms in total. The fourth-order valence-corrected chi connectivity index (χ4v) is 2.10. The molecule has 1 aromatic rings. The van der Waals surface area contributed by atoms with Gasteiger partial charge in [0.05, 0.1) is 22.2 Å². The van der Waals surface area contributed by atoms with Crippen molar-refractivity contribution >= 4 is 34.9 Å². The summed E-state index contributed by atoms with van der Waals surface area (Å²) in [5.41, 5.74) is 5.66. The molecule has 0 fully saturated rings. The average molecular weight is 304 g/mol. The molecule has 0 aliphatic carbocycles. The molecule has 0 unspecified atom stereocenters. The highest BCUT2D eigenvalue weighted by Gasteiger charge is 2.24. The van der Waals surface area contributed by atoms with E-state index in [2.05, 4.69) is 5.16 Å². The molecule has 1 aromatic carbocycles. The van der Waals surface area contributed by atoms with Crippen molar-refractivity contribution in [1.82, 2.24) is 4.90 Å². The van der Waals surface area contributed by atoms with Gasteiger partial charge in [-0.05, 0) is 26.0 Å². The Hall–Kier alpha value is -1.46. The number of benzene rings is 1. The third-order valence-corrected chi connectivity index (χ3v) is 3.15. The predicted molar refractivity (Wildman–Crippen MR) is 76.0 cm³/mol. The summed E-state index contributed by atoms with van der Waals surface area (Å²) in [6, 6.07) is 4.68. The van der Waals surface area contributed by atoms with Gasteiger partial charge in [-0.1, -0.05) is 34.4 Å². The van der Waals surface area contributed by atoms with E-state index in [0.29, 0.717) is 0 Å². The number of nitrogens with two attached hydrogens (primary N) is 1. The average Bonchev–Trinajstić information content (AvgIpc) is 2.34. The number of rotatable bonds is 4. The van der Waals surface area contributed by atoms with Crippen molar-refractivity contribution in [3.63, 3.8) is 0 Å². The molecule has 0 heterocycles. The highest BCUT2D eigenvalue weighted by Crippen LogP contribution is 2.26. The molecule has 7 heteroatoms. The zero-order valence-corrected chi connectivity index (χ0v) is 12.1. The molecule has 0 aliphatic rings. The van der Waals surface area contributed by atoms with Gasteiger partial charge >= 0.3 is 0 Å². The van der Waals surface area contributed by atoms with E-state index in [0.717, 1.165) is 0 Å². The minimum absolute atomic E-state index is 0.00540. The van der Waals surface area contributed by atoms with E-state index in [-0.39, 0.29) is 39.9 Å². The Morgan fingerprint density at radius 3 is 2.37 bits per heavy atom. The highest BCUT2D eigenvalue weighted by atomic mass is 35.5. The normalized spacial score (nSPS) is 11.7. The molecule has 0 aromatic heterocycles. The van der Waals surface area contributed by atoms with Crippen molar-refractivity contribution in [2.75, 3.05) is 6.54 Å². The largest absolute Gasteiger partial charge is 0.409 e. The summed E-state index contributed by atoms with van der Waals surface area (Å²) < 4.78 is 0. The molecule has 0 radical (unpaired) electrons. The molecular weight excluding hydrogens is 289 g/mol. The van der Waals surface area contributed by atoms with E-state index < -0.39 is 0 Å². The van der Waals surface area contributed by atoms with Crippen molar-refractivity contribution in [3.05, 3.63) is 33.8 Å². The first-order valence-corrected chi connectivity index (χ1v) is 6.35. The number of nitrogens with zero attached hydrogens (tertiary/aromatic N) is 2. The Morgan fingerprint density at radius 1 is 1.42 bits per heavy atom. The molecule has 0 atom stereocenters. The molecular formula is C12H15Cl2N3O2. The summed E-state index contributed by atoms with van der Waals surface area (Å²) in [5, 5.41) is 12.0. The molecule has 0 aliphatic heterocycles. The lowest BCUT2D eigenvalue weighted by atomic mass is 10.1. The lowest BCUT2D eigenvalue weighted by molar-refractivity contribution is 0.0734. The van der Waals surface area contributed by atoms with Crippen LogP contribution in [0.25, 0.3) is 0 Å². The third-order valence-electron chi connectivity index (χ3n) is 2.52. The van der Waals surface area contributed by atoms with Gasteiger partial charge in [-0.2, -0.15) is 0 Å². The second kappa shape index (κ2) is 6.63. The van der Waals surface area contributed by atoms with Crippen LogP contribution in [0.2, 0.25) is 10.0 Å². The van der Waals surface area contributed by atoms with Crippen LogP contribution in [0.1, 0.15) is 24.2 Å². The zero-order valence-electron chi connectivity index (χ0n) is 10.6. The molecule has 0 saturated carbocycles. The van der Waals surface area contributed by atoms with Gasteiger partial charge in [0.1, 0.15) is 0 Å². The Bertz CT molecular complexity index is 483. The minimum Gasteiger partial charge on any atom is -0.409 e. The van der Waals surface area contributed by atoms with Gasteiger partial charge in [-0.25, -0.2) is 0 Å². The Morgan fingerprint density at radius 2 is 1.95 bits per heavy atom. The van der Waals surface area contributed by atoms with Crippen molar-refractivity contribution < 1.29 is 10.0 Å². The fourth-order valence-electron chi connectivity index (χ4n) is 1.54. The van der Waals surface area contributed by atoms with E-state index in [4.69, 9.17) is 34.1 Å². The SMILES string of the molecule is CC(C)N(CC(N)=NO)C(=O)c1c(Cl)cccc1Cl. The summed E-state index contributed by atoms with van der Waals surface area (Å²) >= 11 is 12.0. The van der Waals surface area contributed by atoms with Crippen LogP contribution in [0.5, 0.6) is 0 Å². The number of carbonyl (C=O) groups is 1. The first-order chi connectivity index (χ1) is 8.88. The Balaban J connectivity index is 3.13. The highest BCUT2D eigenvalue weighted by molar-refractivity contribution is 6.39. The standard InChI is InChI=1S/C12H15Cl2N3O2/c1-7(2)17(6-10(15)16-19)12(18)11-8(13)4-3-5-9(11)14/h3-5,7,19H,6H2,1-2H3,(H2,15,16). The summed E-state index contributed by atoms with van der Waals surface area (Å²) in [5.74, 6) is -0.428. The molecule has 0 spiro atoms. The van der Waals surface area contributed by atoms with Crippen LogP contribution in [0.3, 0.4) is 0 Å². The molecule has 0 bridgehead atoms. The van der Waals surface area contributed by atoms with Gasteiger partial charge in [-0.15, -0.1) is 0 Å². The second-order valence-corrected chi connectivity index (χ2v) is 5.03. The van der Waals surface area contributed by atoms with Gasteiger partial charge in [0.25, 0.3) is 5.91 Å². The predicted octanol–water partition coefficient (Wildman–Crippen LogP) is 2.59. The minimum atomic E-state index is -0.364. The van der Waals surface area contributed by atoms with E-state index >= 15 is 0 Å². The number of hydrogen-bond donors (Lipinski definition) is 2. The van der Waals surface area contributed by atoms with Gasteiger partial charge < -0.3 is 15.8 Å². The quantitative estimate of drug-likeness (QED) is 0.388. The zero-order chi connectivity index (χ0) is 14.6. The smallest absolute Gasteiger partial charge is 0.257 e. The monoisotopic (exact) mass is 303 g/mol. The molecule has 1 rings (SSSR count). The van der Waals surface area contributed by atoms with Crippen molar-refractivity contribution in [3.8, 4) is 0 Å². The Labute approximate surface area is 121 Å². The van der Waals surface area contributed by atoms with E-state index in [1.165, 1.54) is 4.90 Å². The van der Waals surface area contributed by atoms with Crippen LogP contribution in [0.4, 0.5) is 0 Å². The van der Waals surface area contributed by atoms with E-state index in [1.54, 1.807) is 18.2 Å². The number of halogens is 2. The number of hydrogen-bond acceptors (Lipinski definition) is 3. The van der Waals surface area contributed by atoms with Crippen molar-refractivity contribution in [2.24, 2.45) is 10.9 Å². The molecule has 3 N–H and O–H groups in total. The molecule has 19 heavy (non-hydrogen) atoms. The van der Waals surface area contributed by atoms with Crippen LogP contribution >= 0.6 is 23.2 Å². The third kappa shape index (κ3) is 3.75. The maximum atomic E-state index is 12.4. The summed E-state index contributed by atoms with van der Waals surface area (Å²) in [4.78, 5) is 13.9. The van der Waals surface area contributed by atoms with Crippen LogP contribution in [0, 0.1) is 0 Å². The van der Waals surface area contributed by atoms with Gasteiger partial charge in [0.15, 0.2) is 5.84 Å². The topological polar surface area (TPSA) is 78.9 Å². The first-order valence-electron chi connectivity index (χ1n) is 5.59. The van der Waals surface area contributed by atoms with Gasteiger partial charge in [0, 0.05) is 6.04 Å². The van der Waals surface area contributed by atoms with Crippen LogP contribution in [-0.4, -0.2) is 34.4 Å². The van der Waals surface area contributed by atoms with Crippen molar-refractivity contribution in [1.29, 1.82) is 0 Å². The summed E-state index contributed by atoms with van der Waals surface area (Å²) in [6.45, 7) is 3.62. The number of amidine groups is 1. The lowest BCUT2D eigenvalue weighted by Crippen LogP contribution is -2.43. The van der Waals surface area contributed by atoms with E-state index in [9.17, 15) is 4.79 Å². The number of carbonyl (C=O) groups excluding carboxylic acids is 1. The van der Waals surface area contributed by atoms with Crippen LogP contribution in [0.15, 0.2) is 23.4 Å². The molecule has 104 valence electrons.